The molecule has 1 aromatic carbocycles. The van der Waals surface area contributed by atoms with E-state index in [1.165, 1.54) is 6.07 Å². The summed E-state index contributed by atoms with van der Waals surface area (Å²) in [5.41, 5.74) is 0.0267. The average molecular weight is 290 g/mol. The maximum absolute atomic E-state index is 14.1. The lowest BCUT2D eigenvalue weighted by Crippen LogP contribution is -2.41. The van der Waals surface area contributed by atoms with Gasteiger partial charge in [0.2, 0.25) is 0 Å². The van der Waals surface area contributed by atoms with Gasteiger partial charge in [0.25, 0.3) is 5.85 Å². The second-order valence-electron chi connectivity index (χ2n) is 4.59. The molecule has 0 spiro atoms. The van der Waals surface area contributed by atoms with Gasteiger partial charge in [0.15, 0.2) is 5.76 Å². The Morgan fingerprint density at radius 3 is 2.40 bits per heavy atom. The third-order valence-electron chi connectivity index (χ3n) is 3.34. The number of aliphatic hydroxyl groups is 1. The predicted molar refractivity (Wildman–Crippen MR) is 65.8 cm³/mol. The highest BCUT2D eigenvalue weighted by molar-refractivity contribution is 5.82. The third kappa shape index (κ3) is 2.08. The molecule has 1 aromatic heterocycles. The van der Waals surface area contributed by atoms with Crippen molar-refractivity contribution in [1.82, 2.24) is 0 Å². The fraction of sp³-hybridized carbons (Fsp3) is 0.429. The number of rotatable bonds is 4. The molecule has 0 radical (unpaired) electrons. The Bertz CT molecular complexity index is 631. The molecule has 0 saturated heterocycles. The van der Waals surface area contributed by atoms with Crippen LogP contribution in [0.1, 0.15) is 31.6 Å². The van der Waals surface area contributed by atoms with Crippen LogP contribution in [0.15, 0.2) is 22.6 Å². The maximum Gasteiger partial charge on any atom is 0.362 e. The summed E-state index contributed by atoms with van der Waals surface area (Å²) in [4.78, 5) is 0. The predicted octanol–water partition coefficient (Wildman–Crippen LogP) is 4.29. The van der Waals surface area contributed by atoms with Crippen molar-refractivity contribution in [3.05, 3.63) is 35.3 Å². The van der Waals surface area contributed by atoms with Gasteiger partial charge in [-0.3, -0.25) is 0 Å². The van der Waals surface area contributed by atoms with Crippen LogP contribution in [0, 0.1) is 5.82 Å². The van der Waals surface area contributed by atoms with Crippen molar-refractivity contribution in [2.75, 3.05) is 0 Å². The van der Waals surface area contributed by atoms with E-state index in [0.29, 0.717) is 0 Å². The van der Waals surface area contributed by atoms with E-state index in [9.17, 15) is 22.7 Å². The summed E-state index contributed by atoms with van der Waals surface area (Å²) in [6.45, 7) is 2.67. The maximum atomic E-state index is 14.1. The number of furan rings is 1. The number of hydrogen-bond donors (Lipinski definition) is 1. The molecular weight excluding hydrogens is 276 g/mol. The van der Waals surface area contributed by atoms with Crippen molar-refractivity contribution in [2.24, 2.45) is 0 Å². The number of fused-ring (bicyclic) bond motifs is 1. The number of hydrogen-bond acceptors (Lipinski definition) is 2. The Hall–Kier alpha value is -1.56. The van der Waals surface area contributed by atoms with Crippen LogP contribution in [-0.4, -0.2) is 11.0 Å². The summed E-state index contributed by atoms with van der Waals surface area (Å²) in [6.07, 6.45) is -0.699. The molecule has 0 aliphatic carbocycles. The molecule has 1 heterocycles. The standard InChI is InChI=1S/C14H14F4O2/c1-3-9-10-7-8(15)5-6-11(10)20-12(9)14(17,18)13(16,19)4-2/h5-7,19H,3-4H2,1-2H3. The summed E-state index contributed by atoms with van der Waals surface area (Å²) in [5, 5.41) is 9.41. The van der Waals surface area contributed by atoms with Gasteiger partial charge >= 0.3 is 5.92 Å². The second kappa shape index (κ2) is 4.77. The lowest BCUT2D eigenvalue weighted by atomic mass is 9.99. The van der Waals surface area contributed by atoms with E-state index in [-0.39, 0.29) is 23.0 Å². The molecule has 0 aliphatic heterocycles. The van der Waals surface area contributed by atoms with E-state index in [0.717, 1.165) is 19.1 Å². The molecule has 0 aliphatic rings. The van der Waals surface area contributed by atoms with Crippen molar-refractivity contribution >= 4 is 11.0 Å². The van der Waals surface area contributed by atoms with Crippen LogP contribution in [-0.2, 0) is 12.3 Å². The highest BCUT2D eigenvalue weighted by Gasteiger charge is 2.57. The average Bonchev–Trinajstić information content (AvgIpc) is 2.76. The van der Waals surface area contributed by atoms with Gasteiger partial charge in [-0.2, -0.15) is 8.78 Å². The molecule has 2 rings (SSSR count). The Morgan fingerprint density at radius 1 is 1.20 bits per heavy atom. The van der Waals surface area contributed by atoms with Gasteiger partial charge < -0.3 is 9.52 Å². The molecule has 1 atom stereocenters. The minimum atomic E-state index is -4.21. The van der Waals surface area contributed by atoms with E-state index in [1.807, 2.05) is 0 Å². The Morgan fingerprint density at radius 2 is 1.85 bits per heavy atom. The molecular formula is C14H14F4O2. The van der Waals surface area contributed by atoms with Gasteiger partial charge in [-0.25, -0.2) is 8.78 Å². The monoisotopic (exact) mass is 290 g/mol. The highest BCUT2D eigenvalue weighted by atomic mass is 19.3. The topological polar surface area (TPSA) is 33.4 Å². The van der Waals surface area contributed by atoms with E-state index < -0.39 is 29.8 Å². The first kappa shape index (κ1) is 14.8. The van der Waals surface area contributed by atoms with Crippen molar-refractivity contribution in [1.29, 1.82) is 0 Å². The van der Waals surface area contributed by atoms with E-state index in [1.54, 1.807) is 6.92 Å². The molecule has 2 nitrogen and oxygen atoms in total. The molecule has 2 aromatic rings. The molecule has 6 heteroatoms. The fourth-order valence-corrected chi connectivity index (χ4v) is 2.12. The molecule has 0 fully saturated rings. The minimum Gasteiger partial charge on any atom is -0.454 e. The molecule has 20 heavy (non-hydrogen) atoms. The Labute approximate surface area is 113 Å². The van der Waals surface area contributed by atoms with Crippen LogP contribution in [0.5, 0.6) is 0 Å². The van der Waals surface area contributed by atoms with Gasteiger partial charge in [0, 0.05) is 17.4 Å². The lowest BCUT2D eigenvalue weighted by Gasteiger charge is -2.26. The SMILES string of the molecule is CCc1c(C(F)(F)C(O)(F)CC)oc2ccc(F)cc12. The first-order chi connectivity index (χ1) is 9.24. The molecule has 0 amide bonds. The number of alkyl halides is 3. The quantitative estimate of drug-likeness (QED) is 0.852. The van der Waals surface area contributed by atoms with E-state index in [2.05, 4.69) is 0 Å². The van der Waals surface area contributed by atoms with Crippen LogP contribution in [0.2, 0.25) is 0 Å². The summed E-state index contributed by atoms with van der Waals surface area (Å²) in [7, 11) is 0. The van der Waals surface area contributed by atoms with Crippen LogP contribution >= 0.6 is 0 Å². The summed E-state index contributed by atoms with van der Waals surface area (Å²) in [6, 6.07) is 3.32. The normalized spacial score (nSPS) is 15.6. The van der Waals surface area contributed by atoms with Crippen LogP contribution in [0.3, 0.4) is 0 Å². The highest BCUT2D eigenvalue weighted by Crippen LogP contribution is 2.46. The third-order valence-corrected chi connectivity index (χ3v) is 3.34. The summed E-state index contributed by atoms with van der Waals surface area (Å²) in [5.74, 6) is -9.48. The van der Waals surface area contributed by atoms with Crippen LogP contribution in [0.25, 0.3) is 11.0 Å². The Kier molecular flexibility index (Phi) is 3.54. The first-order valence-corrected chi connectivity index (χ1v) is 6.25. The minimum absolute atomic E-state index is 0.00553. The molecule has 1 N–H and O–H groups in total. The van der Waals surface area contributed by atoms with Crippen molar-refractivity contribution in [3.63, 3.8) is 0 Å². The van der Waals surface area contributed by atoms with Gasteiger partial charge in [0.1, 0.15) is 11.4 Å². The van der Waals surface area contributed by atoms with Gasteiger partial charge in [-0.05, 0) is 24.6 Å². The summed E-state index contributed by atoms with van der Waals surface area (Å²) < 4.78 is 60.1. The molecule has 0 saturated carbocycles. The van der Waals surface area contributed by atoms with Gasteiger partial charge in [0.05, 0.1) is 0 Å². The van der Waals surface area contributed by atoms with Crippen molar-refractivity contribution < 1.29 is 27.1 Å². The number of aryl methyl sites for hydroxylation is 1. The largest absolute Gasteiger partial charge is 0.454 e. The Balaban J connectivity index is 2.71. The van der Waals surface area contributed by atoms with Gasteiger partial charge in [-0.15, -0.1) is 0 Å². The second-order valence-corrected chi connectivity index (χ2v) is 4.59. The molecule has 110 valence electrons. The van der Waals surface area contributed by atoms with Crippen LogP contribution in [0.4, 0.5) is 17.6 Å². The van der Waals surface area contributed by atoms with Crippen molar-refractivity contribution in [2.45, 2.75) is 38.5 Å². The lowest BCUT2D eigenvalue weighted by molar-refractivity contribution is -0.267. The molecule has 0 bridgehead atoms. The van der Waals surface area contributed by atoms with E-state index >= 15 is 0 Å². The van der Waals surface area contributed by atoms with Gasteiger partial charge in [-0.1, -0.05) is 13.8 Å². The van der Waals surface area contributed by atoms with E-state index in [4.69, 9.17) is 4.42 Å². The smallest absolute Gasteiger partial charge is 0.362 e. The number of benzene rings is 1. The zero-order valence-corrected chi connectivity index (χ0v) is 11.0. The van der Waals surface area contributed by atoms with Crippen LogP contribution < -0.4 is 0 Å². The van der Waals surface area contributed by atoms with Crippen molar-refractivity contribution in [3.8, 4) is 0 Å². The first-order valence-electron chi connectivity index (χ1n) is 6.25. The molecule has 1 unspecified atom stereocenters. The fourth-order valence-electron chi connectivity index (χ4n) is 2.12. The number of halogens is 4. The summed E-state index contributed by atoms with van der Waals surface area (Å²) >= 11 is 0. The zero-order valence-electron chi connectivity index (χ0n) is 11.0. The zero-order chi connectivity index (χ0) is 15.1.